The van der Waals surface area contributed by atoms with Gasteiger partial charge in [-0.15, -0.1) is 0 Å². The van der Waals surface area contributed by atoms with Gasteiger partial charge in [0, 0.05) is 18.9 Å². The van der Waals surface area contributed by atoms with Crippen molar-refractivity contribution in [3.8, 4) is 0 Å². The van der Waals surface area contributed by atoms with Crippen LogP contribution < -0.4 is 5.32 Å². The molecule has 3 heteroatoms. The molecule has 0 unspecified atom stereocenters. The molecule has 82 valence electrons. The van der Waals surface area contributed by atoms with Crippen LogP contribution in [-0.2, 0) is 0 Å². The van der Waals surface area contributed by atoms with Crippen LogP contribution in [0, 0.1) is 0 Å². The third kappa shape index (κ3) is 6.07. The standard InChI is InChI=1S/C12H20N2Si/c1-15(2,3)10-5-4-9-14-12-7-6-8-13-11-12/h5-8,10-11,14H,4,9H2,1-3H3. The van der Waals surface area contributed by atoms with E-state index in [9.17, 15) is 0 Å². The van der Waals surface area contributed by atoms with Gasteiger partial charge in [0.1, 0.15) is 0 Å². The number of pyridine rings is 1. The molecule has 0 aliphatic rings. The molecule has 1 aromatic heterocycles. The Kier molecular flexibility index (Phi) is 4.56. The van der Waals surface area contributed by atoms with Crippen molar-refractivity contribution >= 4 is 13.8 Å². The van der Waals surface area contributed by atoms with Crippen LogP contribution in [0.2, 0.25) is 19.6 Å². The number of nitrogens with one attached hydrogen (secondary N) is 1. The molecule has 0 saturated heterocycles. The Bertz CT molecular complexity index is 301. The van der Waals surface area contributed by atoms with Crippen LogP contribution in [0.5, 0.6) is 0 Å². The maximum absolute atomic E-state index is 4.05. The van der Waals surface area contributed by atoms with Crippen molar-refractivity contribution in [2.75, 3.05) is 11.9 Å². The first kappa shape index (κ1) is 12.0. The number of rotatable bonds is 5. The maximum Gasteiger partial charge on any atom is 0.0682 e. The Labute approximate surface area is 93.4 Å². The SMILES string of the molecule is C[Si](C)(C)C=CCCNc1cccnc1. The minimum absolute atomic E-state index is 0.979. The van der Waals surface area contributed by atoms with Crippen LogP contribution in [-0.4, -0.2) is 19.6 Å². The Balaban J connectivity index is 2.21. The normalized spacial score (nSPS) is 11.9. The van der Waals surface area contributed by atoms with E-state index < -0.39 is 8.07 Å². The van der Waals surface area contributed by atoms with Crippen molar-refractivity contribution in [1.29, 1.82) is 0 Å². The molecule has 1 N–H and O–H groups in total. The molecule has 0 radical (unpaired) electrons. The molecule has 2 nitrogen and oxygen atoms in total. The van der Waals surface area contributed by atoms with Gasteiger partial charge in [-0.1, -0.05) is 31.4 Å². The van der Waals surface area contributed by atoms with Crippen molar-refractivity contribution in [1.82, 2.24) is 4.98 Å². The van der Waals surface area contributed by atoms with Gasteiger partial charge >= 0.3 is 0 Å². The Morgan fingerprint density at radius 1 is 1.40 bits per heavy atom. The monoisotopic (exact) mass is 220 g/mol. The molecule has 0 aromatic carbocycles. The largest absolute Gasteiger partial charge is 0.383 e. The van der Waals surface area contributed by atoms with E-state index in [0.717, 1.165) is 18.7 Å². The second-order valence-electron chi connectivity index (χ2n) is 4.73. The zero-order valence-electron chi connectivity index (χ0n) is 9.83. The van der Waals surface area contributed by atoms with E-state index in [1.807, 2.05) is 18.3 Å². The third-order valence-corrected chi connectivity index (χ3v) is 3.16. The lowest BCUT2D eigenvalue weighted by Gasteiger charge is -2.08. The molecule has 0 saturated carbocycles. The van der Waals surface area contributed by atoms with Crippen LogP contribution in [0.15, 0.2) is 36.3 Å². The molecule has 1 rings (SSSR count). The van der Waals surface area contributed by atoms with E-state index in [1.165, 1.54) is 0 Å². The van der Waals surface area contributed by atoms with Gasteiger partial charge in [0.15, 0.2) is 0 Å². The summed E-state index contributed by atoms with van der Waals surface area (Å²) in [4.78, 5) is 4.05. The fraction of sp³-hybridized carbons (Fsp3) is 0.417. The molecular formula is C12H20N2Si. The zero-order chi connectivity index (χ0) is 11.1. The zero-order valence-corrected chi connectivity index (χ0v) is 10.8. The van der Waals surface area contributed by atoms with E-state index in [1.54, 1.807) is 6.20 Å². The third-order valence-electron chi connectivity index (χ3n) is 1.92. The van der Waals surface area contributed by atoms with Gasteiger partial charge in [-0.2, -0.15) is 0 Å². The van der Waals surface area contributed by atoms with Crippen molar-refractivity contribution in [3.05, 3.63) is 36.3 Å². The van der Waals surface area contributed by atoms with Crippen molar-refractivity contribution < 1.29 is 0 Å². The first-order valence-electron chi connectivity index (χ1n) is 5.39. The molecule has 1 heterocycles. The minimum atomic E-state index is -1.01. The number of nitrogens with zero attached hydrogens (tertiary/aromatic N) is 1. The molecule has 0 bridgehead atoms. The first-order chi connectivity index (χ1) is 7.08. The summed E-state index contributed by atoms with van der Waals surface area (Å²) in [7, 11) is -1.01. The maximum atomic E-state index is 4.05. The molecule has 0 fully saturated rings. The quantitative estimate of drug-likeness (QED) is 0.608. The fourth-order valence-electron chi connectivity index (χ4n) is 1.20. The molecular weight excluding hydrogens is 200 g/mol. The van der Waals surface area contributed by atoms with E-state index in [4.69, 9.17) is 0 Å². The highest BCUT2D eigenvalue weighted by atomic mass is 28.3. The van der Waals surface area contributed by atoms with Gasteiger partial charge in [0.2, 0.25) is 0 Å². The second-order valence-corrected chi connectivity index (χ2v) is 9.79. The van der Waals surface area contributed by atoms with Crippen LogP contribution in [0.1, 0.15) is 6.42 Å². The highest BCUT2D eigenvalue weighted by Crippen LogP contribution is 2.04. The van der Waals surface area contributed by atoms with Crippen molar-refractivity contribution in [2.24, 2.45) is 0 Å². The van der Waals surface area contributed by atoms with Gasteiger partial charge < -0.3 is 5.32 Å². The molecule has 1 aromatic rings. The summed E-state index contributed by atoms with van der Waals surface area (Å²) in [6.45, 7) is 8.01. The number of hydrogen-bond donors (Lipinski definition) is 1. The summed E-state index contributed by atoms with van der Waals surface area (Å²) < 4.78 is 0. The van der Waals surface area contributed by atoms with Gasteiger partial charge in [-0.25, -0.2) is 0 Å². The molecule has 0 aliphatic carbocycles. The summed E-state index contributed by atoms with van der Waals surface area (Å²) in [5.74, 6) is 0. The summed E-state index contributed by atoms with van der Waals surface area (Å²) >= 11 is 0. The average Bonchev–Trinajstić information content (AvgIpc) is 2.17. The van der Waals surface area contributed by atoms with Gasteiger partial charge in [0.05, 0.1) is 13.8 Å². The smallest absolute Gasteiger partial charge is 0.0682 e. The predicted octanol–water partition coefficient (Wildman–Crippen LogP) is 3.32. The summed E-state index contributed by atoms with van der Waals surface area (Å²) in [5, 5.41) is 3.33. The van der Waals surface area contributed by atoms with Crippen LogP contribution in [0.3, 0.4) is 0 Å². The van der Waals surface area contributed by atoms with Gasteiger partial charge in [0.25, 0.3) is 0 Å². The summed E-state index contributed by atoms with van der Waals surface area (Å²) in [5.41, 5.74) is 3.48. The van der Waals surface area contributed by atoms with E-state index >= 15 is 0 Å². The summed E-state index contributed by atoms with van der Waals surface area (Å²) in [6, 6.07) is 3.98. The number of anilines is 1. The van der Waals surface area contributed by atoms with Crippen molar-refractivity contribution in [3.63, 3.8) is 0 Å². The average molecular weight is 220 g/mol. The Hall–Kier alpha value is -1.09. The minimum Gasteiger partial charge on any atom is -0.383 e. The molecule has 0 amide bonds. The van der Waals surface area contributed by atoms with Crippen molar-refractivity contribution in [2.45, 2.75) is 26.1 Å². The van der Waals surface area contributed by atoms with E-state index in [2.05, 4.69) is 41.7 Å². The number of hydrogen-bond acceptors (Lipinski definition) is 2. The van der Waals surface area contributed by atoms with E-state index in [0.29, 0.717) is 0 Å². The summed E-state index contributed by atoms with van der Waals surface area (Å²) in [6.07, 6.45) is 7.01. The predicted molar refractivity (Wildman–Crippen MR) is 69.8 cm³/mol. The van der Waals surface area contributed by atoms with Crippen LogP contribution in [0.25, 0.3) is 0 Å². The lowest BCUT2D eigenvalue weighted by atomic mass is 10.4. The van der Waals surface area contributed by atoms with E-state index in [-0.39, 0.29) is 0 Å². The lowest BCUT2D eigenvalue weighted by molar-refractivity contribution is 1.06. The molecule has 0 aliphatic heterocycles. The lowest BCUT2D eigenvalue weighted by Crippen LogP contribution is -2.15. The molecule has 0 spiro atoms. The van der Waals surface area contributed by atoms with Gasteiger partial charge in [-0.3, -0.25) is 4.98 Å². The number of aromatic nitrogens is 1. The highest BCUT2D eigenvalue weighted by molar-refractivity contribution is 6.80. The van der Waals surface area contributed by atoms with Crippen LogP contribution in [0.4, 0.5) is 5.69 Å². The molecule has 15 heavy (non-hydrogen) atoms. The highest BCUT2D eigenvalue weighted by Gasteiger charge is 2.05. The first-order valence-corrected chi connectivity index (χ1v) is 8.97. The van der Waals surface area contributed by atoms with Gasteiger partial charge in [-0.05, 0) is 18.6 Å². The fourth-order valence-corrected chi connectivity index (χ4v) is 2.08. The molecule has 0 atom stereocenters. The topological polar surface area (TPSA) is 24.9 Å². The Morgan fingerprint density at radius 2 is 2.20 bits per heavy atom. The van der Waals surface area contributed by atoms with Crippen LogP contribution >= 0.6 is 0 Å². The second kappa shape index (κ2) is 5.71. The Morgan fingerprint density at radius 3 is 2.80 bits per heavy atom.